The molecule has 0 unspecified atom stereocenters. The van der Waals surface area contributed by atoms with E-state index in [0.29, 0.717) is 16.7 Å². The fourth-order valence-electron chi connectivity index (χ4n) is 1.89. The van der Waals surface area contributed by atoms with Crippen molar-refractivity contribution in [3.8, 4) is 17.1 Å². The number of phenolic OH excluding ortho intramolecular Hbond substituents is 1. The Morgan fingerprint density at radius 1 is 0.950 bits per heavy atom. The van der Waals surface area contributed by atoms with Gasteiger partial charge in [0.2, 0.25) is 0 Å². The molecule has 0 aliphatic rings. The highest BCUT2D eigenvalue weighted by Crippen LogP contribution is 2.23. The molecule has 3 heteroatoms. The third kappa shape index (κ3) is 2.72. The first-order valence-electron chi connectivity index (χ1n) is 6.56. The number of hydrogen-bond donors (Lipinski definition) is 1. The van der Waals surface area contributed by atoms with Crippen LogP contribution in [0.1, 0.15) is 13.8 Å². The molecule has 0 saturated carbocycles. The molecule has 0 amide bonds. The van der Waals surface area contributed by atoms with Crippen LogP contribution in [-0.2, 0) is 0 Å². The Labute approximate surface area is 117 Å². The van der Waals surface area contributed by atoms with Gasteiger partial charge >= 0.3 is 0 Å². The van der Waals surface area contributed by atoms with E-state index >= 15 is 0 Å². The smallest absolute Gasteiger partial charge is 0.193 e. The molecular formula is C17H16O3. The lowest BCUT2D eigenvalue weighted by Crippen LogP contribution is -1.99. The van der Waals surface area contributed by atoms with Gasteiger partial charge < -0.3 is 9.52 Å². The second-order valence-corrected chi connectivity index (χ2v) is 4.02. The molecule has 0 aliphatic heterocycles. The van der Waals surface area contributed by atoms with Gasteiger partial charge in [0.05, 0.1) is 5.39 Å². The Balaban J connectivity index is 0.000000704. The molecule has 1 N–H and O–H groups in total. The number of aromatic hydroxyl groups is 1. The van der Waals surface area contributed by atoms with Gasteiger partial charge in [-0.3, -0.25) is 4.79 Å². The van der Waals surface area contributed by atoms with Crippen molar-refractivity contribution in [3.63, 3.8) is 0 Å². The van der Waals surface area contributed by atoms with E-state index in [4.69, 9.17) is 4.42 Å². The molecule has 3 aromatic rings. The first-order chi connectivity index (χ1) is 9.74. The first kappa shape index (κ1) is 13.9. The Hall–Kier alpha value is -2.55. The zero-order chi connectivity index (χ0) is 14.5. The normalized spacial score (nSPS) is 9.90. The maximum atomic E-state index is 11.9. The zero-order valence-electron chi connectivity index (χ0n) is 11.5. The fraction of sp³-hybridized carbons (Fsp3) is 0.118. The fourth-order valence-corrected chi connectivity index (χ4v) is 1.89. The van der Waals surface area contributed by atoms with Crippen LogP contribution < -0.4 is 5.43 Å². The summed E-state index contributed by atoms with van der Waals surface area (Å²) in [5, 5.41) is 9.89. The van der Waals surface area contributed by atoms with Crippen molar-refractivity contribution in [1.29, 1.82) is 0 Å². The lowest BCUT2D eigenvalue weighted by atomic mass is 10.1. The lowest BCUT2D eigenvalue weighted by Gasteiger charge is -2.03. The van der Waals surface area contributed by atoms with E-state index in [1.54, 1.807) is 6.07 Å². The molecule has 0 saturated heterocycles. The standard InChI is InChI=1S/C15H10O3.C2H6/c16-11-6-7-12-13(17)9-14(18-15(12)8-11)10-4-2-1-3-5-10;1-2/h1-9,16H;1-2H3. The molecule has 0 fully saturated rings. The van der Waals surface area contributed by atoms with Crippen molar-refractivity contribution < 1.29 is 9.52 Å². The minimum absolute atomic E-state index is 0.0795. The van der Waals surface area contributed by atoms with E-state index < -0.39 is 0 Å². The number of phenols is 1. The van der Waals surface area contributed by atoms with Crippen LogP contribution in [0.15, 0.2) is 63.8 Å². The Morgan fingerprint density at radius 3 is 2.35 bits per heavy atom. The molecule has 0 spiro atoms. The largest absolute Gasteiger partial charge is 0.508 e. The number of fused-ring (bicyclic) bond motifs is 1. The van der Waals surface area contributed by atoms with Gasteiger partial charge in [-0.25, -0.2) is 0 Å². The summed E-state index contributed by atoms with van der Waals surface area (Å²) in [5.74, 6) is 0.578. The summed E-state index contributed by atoms with van der Waals surface area (Å²) in [7, 11) is 0. The van der Waals surface area contributed by atoms with Crippen LogP contribution in [0.3, 0.4) is 0 Å². The van der Waals surface area contributed by atoms with Crippen LogP contribution in [0.2, 0.25) is 0 Å². The van der Waals surface area contributed by atoms with Gasteiger partial charge in [0.1, 0.15) is 17.1 Å². The summed E-state index contributed by atoms with van der Waals surface area (Å²) >= 11 is 0. The number of hydrogen-bond acceptors (Lipinski definition) is 3. The molecule has 1 heterocycles. The topological polar surface area (TPSA) is 50.4 Å². The Bertz CT molecular complexity index is 758. The highest BCUT2D eigenvalue weighted by molar-refractivity contribution is 5.79. The van der Waals surface area contributed by atoms with Crippen molar-refractivity contribution in [2.24, 2.45) is 0 Å². The van der Waals surface area contributed by atoms with Gasteiger partial charge in [-0.2, -0.15) is 0 Å². The first-order valence-corrected chi connectivity index (χ1v) is 6.56. The Morgan fingerprint density at radius 2 is 1.65 bits per heavy atom. The molecule has 3 nitrogen and oxygen atoms in total. The summed E-state index contributed by atoms with van der Waals surface area (Å²) in [6.07, 6.45) is 0. The van der Waals surface area contributed by atoms with Gasteiger partial charge in [0, 0.05) is 17.7 Å². The van der Waals surface area contributed by atoms with E-state index in [-0.39, 0.29) is 11.2 Å². The predicted octanol–water partition coefficient (Wildman–Crippen LogP) is 4.19. The van der Waals surface area contributed by atoms with Crippen molar-refractivity contribution in [1.82, 2.24) is 0 Å². The number of benzene rings is 2. The minimum Gasteiger partial charge on any atom is -0.508 e. The predicted molar refractivity (Wildman–Crippen MR) is 80.9 cm³/mol. The van der Waals surface area contributed by atoms with E-state index in [2.05, 4.69) is 0 Å². The second kappa shape index (κ2) is 6.06. The molecule has 0 aliphatic carbocycles. The zero-order valence-corrected chi connectivity index (χ0v) is 11.5. The summed E-state index contributed by atoms with van der Waals surface area (Å²) in [6.45, 7) is 4.00. The second-order valence-electron chi connectivity index (χ2n) is 4.02. The van der Waals surface area contributed by atoms with E-state index in [0.717, 1.165) is 5.56 Å². The van der Waals surface area contributed by atoms with E-state index in [1.165, 1.54) is 18.2 Å². The van der Waals surface area contributed by atoms with Gasteiger partial charge in [-0.15, -0.1) is 0 Å². The maximum Gasteiger partial charge on any atom is 0.193 e. The average molecular weight is 268 g/mol. The summed E-state index contributed by atoms with van der Waals surface area (Å²) in [6, 6.07) is 15.3. The molecule has 0 atom stereocenters. The van der Waals surface area contributed by atoms with Crippen molar-refractivity contribution in [2.45, 2.75) is 13.8 Å². The van der Waals surface area contributed by atoms with Gasteiger partial charge in [-0.1, -0.05) is 44.2 Å². The Kier molecular flexibility index (Phi) is 4.20. The molecule has 0 bridgehead atoms. The highest BCUT2D eigenvalue weighted by atomic mass is 16.3. The van der Waals surface area contributed by atoms with Gasteiger partial charge in [0.15, 0.2) is 5.43 Å². The summed E-state index contributed by atoms with van der Waals surface area (Å²) in [5.41, 5.74) is 1.11. The maximum absolute atomic E-state index is 11.9. The van der Waals surface area contributed by atoms with Crippen LogP contribution >= 0.6 is 0 Å². The van der Waals surface area contributed by atoms with E-state index in [1.807, 2.05) is 44.2 Å². The molecule has 0 radical (unpaired) electrons. The minimum atomic E-state index is -0.116. The average Bonchev–Trinajstić information content (AvgIpc) is 2.49. The molecule has 3 rings (SSSR count). The molecule has 1 aromatic heterocycles. The van der Waals surface area contributed by atoms with Crippen molar-refractivity contribution in [2.75, 3.05) is 0 Å². The van der Waals surface area contributed by atoms with Crippen LogP contribution in [0.4, 0.5) is 0 Å². The molecule has 2 aromatic carbocycles. The third-order valence-corrected chi connectivity index (χ3v) is 2.77. The van der Waals surface area contributed by atoms with E-state index in [9.17, 15) is 9.90 Å². The van der Waals surface area contributed by atoms with Crippen LogP contribution in [0.5, 0.6) is 5.75 Å². The monoisotopic (exact) mass is 268 g/mol. The summed E-state index contributed by atoms with van der Waals surface area (Å²) in [4.78, 5) is 11.9. The lowest BCUT2D eigenvalue weighted by molar-refractivity contribution is 0.474. The summed E-state index contributed by atoms with van der Waals surface area (Å²) < 4.78 is 5.65. The SMILES string of the molecule is CC.O=c1cc(-c2ccccc2)oc2cc(O)ccc12. The van der Waals surface area contributed by atoms with Crippen molar-refractivity contribution in [3.05, 3.63) is 64.8 Å². The molecule has 20 heavy (non-hydrogen) atoms. The van der Waals surface area contributed by atoms with Gasteiger partial charge in [-0.05, 0) is 12.1 Å². The van der Waals surface area contributed by atoms with Crippen LogP contribution in [-0.4, -0.2) is 5.11 Å². The molecule has 102 valence electrons. The van der Waals surface area contributed by atoms with Gasteiger partial charge in [0.25, 0.3) is 0 Å². The molecular weight excluding hydrogens is 252 g/mol. The van der Waals surface area contributed by atoms with Crippen molar-refractivity contribution >= 4 is 11.0 Å². The van der Waals surface area contributed by atoms with Crippen LogP contribution in [0, 0.1) is 0 Å². The third-order valence-electron chi connectivity index (χ3n) is 2.77. The highest BCUT2D eigenvalue weighted by Gasteiger charge is 2.06. The van der Waals surface area contributed by atoms with Crippen LogP contribution in [0.25, 0.3) is 22.3 Å². The quantitative estimate of drug-likeness (QED) is 0.719. The number of rotatable bonds is 1.